The highest BCUT2D eigenvalue weighted by atomic mass is 15.3. The predicted octanol–water partition coefficient (Wildman–Crippen LogP) is 1.56. The minimum atomic E-state index is 0.767. The maximum absolute atomic E-state index is 2.68. The first-order valence-electron chi connectivity index (χ1n) is 6.17. The molecule has 0 aromatic carbocycles. The van der Waals surface area contributed by atoms with Crippen LogP contribution in [0.2, 0.25) is 0 Å². The topological polar surface area (TPSA) is 6.48 Å². The van der Waals surface area contributed by atoms with Crippen molar-refractivity contribution in [2.45, 2.75) is 45.2 Å². The van der Waals surface area contributed by atoms with Crippen LogP contribution in [-0.2, 0) is 0 Å². The van der Waals surface area contributed by atoms with Gasteiger partial charge in [-0.3, -0.25) is 4.90 Å². The molecule has 0 N–H and O–H groups in total. The molecule has 2 aliphatic heterocycles. The summed E-state index contributed by atoms with van der Waals surface area (Å²) in [7, 11) is 0. The lowest BCUT2D eigenvalue weighted by atomic mass is 9.59. The standard InChI is InChI=1S/C12H22N2/c1-10(2)14-8-12(9-14)6-11(7-12)13-4-3-5-13/h10-11H,3-9H2,1-2H3. The van der Waals surface area contributed by atoms with E-state index in [0.717, 1.165) is 17.5 Å². The Hall–Kier alpha value is -0.0800. The summed E-state index contributed by atoms with van der Waals surface area (Å²) >= 11 is 0. The van der Waals surface area contributed by atoms with Crippen LogP contribution < -0.4 is 0 Å². The molecule has 14 heavy (non-hydrogen) atoms. The number of hydrogen-bond acceptors (Lipinski definition) is 2. The second-order valence-electron chi connectivity index (χ2n) is 5.95. The summed E-state index contributed by atoms with van der Waals surface area (Å²) in [5.74, 6) is 0. The van der Waals surface area contributed by atoms with Gasteiger partial charge in [0.25, 0.3) is 0 Å². The quantitative estimate of drug-likeness (QED) is 0.658. The maximum atomic E-state index is 2.68. The third kappa shape index (κ3) is 1.24. The Balaban J connectivity index is 1.46. The van der Waals surface area contributed by atoms with Crippen molar-refractivity contribution in [3.05, 3.63) is 0 Å². The van der Waals surface area contributed by atoms with E-state index in [1.807, 2.05) is 0 Å². The summed E-state index contributed by atoms with van der Waals surface area (Å²) in [5, 5.41) is 0. The van der Waals surface area contributed by atoms with Gasteiger partial charge in [-0.15, -0.1) is 0 Å². The Labute approximate surface area is 87.3 Å². The second kappa shape index (κ2) is 2.96. The number of rotatable bonds is 2. The molecule has 0 unspecified atom stereocenters. The smallest absolute Gasteiger partial charge is 0.0108 e. The highest BCUT2D eigenvalue weighted by Gasteiger charge is 2.54. The molecule has 0 amide bonds. The van der Waals surface area contributed by atoms with Gasteiger partial charge in [-0.05, 0) is 51.6 Å². The molecule has 2 heterocycles. The van der Waals surface area contributed by atoms with E-state index in [4.69, 9.17) is 0 Å². The molecule has 3 fully saturated rings. The molecule has 80 valence electrons. The lowest BCUT2D eigenvalue weighted by Crippen LogP contribution is -2.68. The molecule has 3 aliphatic rings. The van der Waals surface area contributed by atoms with Gasteiger partial charge in [-0.1, -0.05) is 0 Å². The molecule has 2 saturated heterocycles. The Bertz CT molecular complexity index is 218. The fourth-order valence-corrected chi connectivity index (χ4v) is 3.34. The lowest BCUT2D eigenvalue weighted by Gasteiger charge is -2.63. The summed E-state index contributed by atoms with van der Waals surface area (Å²) in [6, 6.07) is 1.74. The molecular weight excluding hydrogens is 172 g/mol. The molecule has 2 nitrogen and oxygen atoms in total. The van der Waals surface area contributed by atoms with Crippen LogP contribution in [0.1, 0.15) is 33.1 Å². The van der Waals surface area contributed by atoms with Crippen LogP contribution in [0.4, 0.5) is 0 Å². The van der Waals surface area contributed by atoms with E-state index in [9.17, 15) is 0 Å². The first kappa shape index (κ1) is 9.17. The number of likely N-dealkylation sites (tertiary alicyclic amines) is 2. The van der Waals surface area contributed by atoms with Gasteiger partial charge in [0.2, 0.25) is 0 Å². The Morgan fingerprint density at radius 2 is 1.79 bits per heavy atom. The molecule has 3 rings (SSSR count). The van der Waals surface area contributed by atoms with E-state index < -0.39 is 0 Å². The van der Waals surface area contributed by atoms with Gasteiger partial charge < -0.3 is 4.90 Å². The molecule has 0 aromatic heterocycles. The maximum Gasteiger partial charge on any atom is 0.0108 e. The molecule has 0 radical (unpaired) electrons. The third-order valence-corrected chi connectivity index (χ3v) is 4.55. The van der Waals surface area contributed by atoms with Crippen LogP contribution >= 0.6 is 0 Å². The average molecular weight is 194 g/mol. The van der Waals surface area contributed by atoms with Gasteiger partial charge in [0, 0.05) is 25.2 Å². The molecule has 0 atom stereocenters. The number of nitrogens with zero attached hydrogens (tertiary/aromatic N) is 2. The van der Waals surface area contributed by atoms with Crippen molar-refractivity contribution in [3.63, 3.8) is 0 Å². The third-order valence-electron chi connectivity index (χ3n) is 4.55. The van der Waals surface area contributed by atoms with Gasteiger partial charge >= 0.3 is 0 Å². The van der Waals surface area contributed by atoms with Crippen molar-refractivity contribution in [3.8, 4) is 0 Å². The summed E-state index contributed by atoms with van der Waals surface area (Å²) in [6.07, 6.45) is 4.44. The fourth-order valence-electron chi connectivity index (χ4n) is 3.34. The van der Waals surface area contributed by atoms with Crippen LogP contribution in [0.25, 0.3) is 0 Å². The zero-order valence-corrected chi connectivity index (χ0v) is 9.50. The van der Waals surface area contributed by atoms with E-state index >= 15 is 0 Å². The lowest BCUT2D eigenvalue weighted by molar-refractivity contribution is -0.129. The molecule has 0 aromatic rings. The van der Waals surface area contributed by atoms with E-state index in [2.05, 4.69) is 23.6 Å². The van der Waals surface area contributed by atoms with Crippen molar-refractivity contribution < 1.29 is 0 Å². The van der Waals surface area contributed by atoms with Crippen LogP contribution in [0.5, 0.6) is 0 Å². The molecule has 1 aliphatic carbocycles. The zero-order chi connectivity index (χ0) is 9.76. The van der Waals surface area contributed by atoms with Gasteiger partial charge in [0.05, 0.1) is 0 Å². The summed E-state index contributed by atoms with van der Waals surface area (Å²) < 4.78 is 0. The summed E-state index contributed by atoms with van der Waals surface area (Å²) in [5.41, 5.74) is 0.768. The SMILES string of the molecule is CC(C)N1CC2(CC(N3CCC3)C2)C1. The highest BCUT2D eigenvalue weighted by Crippen LogP contribution is 2.51. The van der Waals surface area contributed by atoms with Crippen LogP contribution in [-0.4, -0.2) is 48.1 Å². The van der Waals surface area contributed by atoms with Crippen LogP contribution in [0.15, 0.2) is 0 Å². The van der Waals surface area contributed by atoms with Crippen molar-refractivity contribution in [1.29, 1.82) is 0 Å². The Kier molecular flexibility index (Phi) is 1.94. The molecule has 1 spiro atoms. The molecular formula is C12H22N2. The van der Waals surface area contributed by atoms with Crippen LogP contribution in [0.3, 0.4) is 0 Å². The predicted molar refractivity (Wildman–Crippen MR) is 58.4 cm³/mol. The van der Waals surface area contributed by atoms with E-state index in [1.54, 1.807) is 0 Å². The summed E-state index contributed by atoms with van der Waals surface area (Å²) in [4.78, 5) is 5.30. The molecule has 0 bridgehead atoms. The van der Waals surface area contributed by atoms with E-state index in [-0.39, 0.29) is 0 Å². The first-order valence-corrected chi connectivity index (χ1v) is 6.17. The zero-order valence-electron chi connectivity index (χ0n) is 9.50. The van der Waals surface area contributed by atoms with Crippen molar-refractivity contribution in [2.75, 3.05) is 26.2 Å². The van der Waals surface area contributed by atoms with Gasteiger partial charge in [0.1, 0.15) is 0 Å². The fraction of sp³-hybridized carbons (Fsp3) is 1.00. The minimum Gasteiger partial charge on any atom is -0.300 e. The molecule has 1 saturated carbocycles. The average Bonchev–Trinajstić information content (AvgIpc) is 1.85. The second-order valence-corrected chi connectivity index (χ2v) is 5.95. The van der Waals surface area contributed by atoms with E-state index in [0.29, 0.717) is 0 Å². The minimum absolute atomic E-state index is 0.767. The van der Waals surface area contributed by atoms with Crippen molar-refractivity contribution in [1.82, 2.24) is 9.80 Å². The van der Waals surface area contributed by atoms with Gasteiger partial charge in [0.15, 0.2) is 0 Å². The van der Waals surface area contributed by atoms with Crippen molar-refractivity contribution in [2.24, 2.45) is 5.41 Å². The van der Waals surface area contributed by atoms with Gasteiger partial charge in [-0.2, -0.15) is 0 Å². The largest absolute Gasteiger partial charge is 0.300 e. The normalized spacial score (nSPS) is 32.8. The Morgan fingerprint density at radius 3 is 2.21 bits per heavy atom. The first-order chi connectivity index (χ1) is 6.69. The number of hydrogen-bond donors (Lipinski definition) is 0. The van der Waals surface area contributed by atoms with Gasteiger partial charge in [-0.25, -0.2) is 0 Å². The van der Waals surface area contributed by atoms with E-state index in [1.165, 1.54) is 45.4 Å². The Morgan fingerprint density at radius 1 is 1.14 bits per heavy atom. The monoisotopic (exact) mass is 194 g/mol. The highest BCUT2D eigenvalue weighted by molar-refractivity contribution is 5.08. The van der Waals surface area contributed by atoms with Crippen LogP contribution in [0, 0.1) is 5.41 Å². The summed E-state index contributed by atoms with van der Waals surface area (Å²) in [6.45, 7) is 10.2. The molecule has 2 heteroatoms. The van der Waals surface area contributed by atoms with Crippen molar-refractivity contribution >= 4 is 0 Å².